The zero-order valence-corrected chi connectivity index (χ0v) is 15.4. The van der Waals surface area contributed by atoms with E-state index in [1.54, 1.807) is 36.4 Å². The van der Waals surface area contributed by atoms with Gasteiger partial charge in [-0.15, -0.1) is 0 Å². The summed E-state index contributed by atoms with van der Waals surface area (Å²) in [5.74, 6) is -0.776. The number of rotatable bonds is 8. The van der Waals surface area contributed by atoms with Gasteiger partial charge in [0.25, 0.3) is 0 Å². The van der Waals surface area contributed by atoms with Crippen LogP contribution in [-0.2, 0) is 16.0 Å². The standard InChI is InChI=1S/C22H23NO4/c1-2-4-15-7-9-16(10-8-15)20(24)14-27-22(26)18-5-3-6-19(13-18)23-21(25)17-11-12-17/h3,5-10,13,17H,2,4,11-12,14H2,1H3,(H,23,25). The van der Waals surface area contributed by atoms with Crippen LogP contribution in [-0.4, -0.2) is 24.3 Å². The second-order valence-electron chi connectivity index (χ2n) is 6.79. The largest absolute Gasteiger partial charge is 0.454 e. The molecule has 1 aliphatic carbocycles. The Morgan fingerprint density at radius 2 is 1.78 bits per heavy atom. The van der Waals surface area contributed by atoms with Crippen molar-refractivity contribution >= 4 is 23.3 Å². The summed E-state index contributed by atoms with van der Waals surface area (Å²) in [4.78, 5) is 36.2. The Morgan fingerprint density at radius 3 is 2.44 bits per heavy atom. The quantitative estimate of drug-likeness (QED) is 0.566. The molecule has 0 heterocycles. The number of ketones is 1. The summed E-state index contributed by atoms with van der Waals surface area (Å²) >= 11 is 0. The first kappa shape index (κ1) is 18.8. The van der Waals surface area contributed by atoms with Crippen molar-refractivity contribution in [3.05, 3.63) is 65.2 Å². The van der Waals surface area contributed by atoms with Crippen molar-refractivity contribution in [3.8, 4) is 0 Å². The van der Waals surface area contributed by atoms with Gasteiger partial charge in [0.2, 0.25) is 5.91 Å². The van der Waals surface area contributed by atoms with Gasteiger partial charge in [0, 0.05) is 17.2 Å². The van der Waals surface area contributed by atoms with Crippen LogP contribution in [0.2, 0.25) is 0 Å². The topological polar surface area (TPSA) is 72.5 Å². The van der Waals surface area contributed by atoms with Crippen LogP contribution in [0.15, 0.2) is 48.5 Å². The number of hydrogen-bond donors (Lipinski definition) is 1. The van der Waals surface area contributed by atoms with E-state index in [-0.39, 0.29) is 24.2 Å². The van der Waals surface area contributed by atoms with E-state index < -0.39 is 5.97 Å². The third kappa shape index (κ3) is 5.26. The van der Waals surface area contributed by atoms with Crippen molar-refractivity contribution in [1.29, 1.82) is 0 Å². The molecule has 0 radical (unpaired) electrons. The number of carbonyl (C=O) groups excluding carboxylic acids is 3. The van der Waals surface area contributed by atoms with Crippen molar-refractivity contribution in [2.45, 2.75) is 32.6 Å². The number of aryl methyl sites for hydroxylation is 1. The molecule has 1 N–H and O–H groups in total. The molecule has 2 aromatic carbocycles. The van der Waals surface area contributed by atoms with Gasteiger partial charge in [0.05, 0.1) is 5.56 Å². The Labute approximate surface area is 158 Å². The minimum Gasteiger partial charge on any atom is -0.454 e. The van der Waals surface area contributed by atoms with Crippen LogP contribution >= 0.6 is 0 Å². The minimum atomic E-state index is -0.589. The highest BCUT2D eigenvalue weighted by Gasteiger charge is 2.29. The molecule has 0 atom stereocenters. The Morgan fingerprint density at radius 1 is 1.04 bits per heavy atom. The second kappa shape index (κ2) is 8.62. The van der Waals surface area contributed by atoms with E-state index in [1.807, 2.05) is 12.1 Å². The van der Waals surface area contributed by atoms with E-state index in [9.17, 15) is 14.4 Å². The van der Waals surface area contributed by atoms with E-state index in [2.05, 4.69) is 12.2 Å². The van der Waals surface area contributed by atoms with Crippen molar-refractivity contribution in [2.75, 3.05) is 11.9 Å². The average molecular weight is 365 g/mol. The first-order chi connectivity index (χ1) is 13.1. The lowest BCUT2D eigenvalue weighted by Crippen LogP contribution is -2.16. The molecular weight excluding hydrogens is 342 g/mol. The van der Waals surface area contributed by atoms with Crippen LogP contribution < -0.4 is 5.32 Å². The van der Waals surface area contributed by atoms with Gasteiger partial charge < -0.3 is 10.1 Å². The lowest BCUT2D eigenvalue weighted by molar-refractivity contribution is -0.117. The number of benzene rings is 2. The molecule has 1 saturated carbocycles. The van der Waals surface area contributed by atoms with Crippen LogP contribution in [0.5, 0.6) is 0 Å². The number of amides is 1. The summed E-state index contributed by atoms with van der Waals surface area (Å²) in [6.45, 7) is 1.79. The zero-order chi connectivity index (χ0) is 19.2. The highest BCUT2D eigenvalue weighted by Crippen LogP contribution is 2.30. The SMILES string of the molecule is CCCc1ccc(C(=O)COC(=O)c2cccc(NC(=O)C3CC3)c2)cc1. The predicted molar refractivity (Wildman–Crippen MR) is 103 cm³/mol. The number of nitrogens with one attached hydrogen (secondary N) is 1. The first-order valence-electron chi connectivity index (χ1n) is 9.27. The number of ether oxygens (including phenoxy) is 1. The highest BCUT2D eigenvalue weighted by atomic mass is 16.5. The molecule has 3 rings (SSSR count). The van der Waals surface area contributed by atoms with Crippen LogP contribution in [0.1, 0.15) is 52.5 Å². The second-order valence-corrected chi connectivity index (χ2v) is 6.79. The molecule has 0 aliphatic heterocycles. The minimum absolute atomic E-state index is 0.0257. The summed E-state index contributed by atoms with van der Waals surface area (Å²) in [5.41, 5.74) is 2.55. The molecule has 1 fully saturated rings. The molecule has 1 amide bonds. The van der Waals surface area contributed by atoms with E-state index in [1.165, 1.54) is 5.56 Å². The van der Waals surface area contributed by atoms with Crippen molar-refractivity contribution in [2.24, 2.45) is 5.92 Å². The van der Waals surface area contributed by atoms with Gasteiger partial charge in [0.1, 0.15) is 0 Å². The summed E-state index contributed by atoms with van der Waals surface area (Å²) < 4.78 is 5.14. The Hall–Kier alpha value is -2.95. The summed E-state index contributed by atoms with van der Waals surface area (Å²) in [6.07, 6.45) is 3.84. The molecule has 5 nitrogen and oxygen atoms in total. The number of carbonyl (C=O) groups is 3. The van der Waals surface area contributed by atoms with Gasteiger partial charge in [-0.3, -0.25) is 9.59 Å². The zero-order valence-electron chi connectivity index (χ0n) is 15.4. The molecule has 140 valence electrons. The number of anilines is 1. The summed E-state index contributed by atoms with van der Waals surface area (Å²) in [5, 5.41) is 2.79. The molecule has 5 heteroatoms. The fourth-order valence-electron chi connectivity index (χ4n) is 2.76. The predicted octanol–water partition coefficient (Wildman–Crippen LogP) is 4.03. The lowest BCUT2D eigenvalue weighted by atomic mass is 10.1. The van der Waals surface area contributed by atoms with Gasteiger partial charge in [-0.1, -0.05) is 43.7 Å². The highest BCUT2D eigenvalue weighted by molar-refractivity contribution is 6.00. The summed E-state index contributed by atoms with van der Waals surface area (Å²) in [6, 6.07) is 13.9. The average Bonchev–Trinajstić information content (AvgIpc) is 3.52. The van der Waals surface area contributed by atoms with Gasteiger partial charge in [0.15, 0.2) is 12.4 Å². The van der Waals surface area contributed by atoms with Gasteiger partial charge in [-0.2, -0.15) is 0 Å². The number of esters is 1. The van der Waals surface area contributed by atoms with Crippen LogP contribution in [0, 0.1) is 5.92 Å². The van der Waals surface area contributed by atoms with Crippen molar-refractivity contribution in [1.82, 2.24) is 0 Å². The Balaban J connectivity index is 1.55. The normalized spacial score (nSPS) is 13.1. The molecule has 0 saturated heterocycles. The molecule has 27 heavy (non-hydrogen) atoms. The molecule has 0 aromatic heterocycles. The molecular formula is C22H23NO4. The maximum Gasteiger partial charge on any atom is 0.338 e. The van der Waals surface area contributed by atoms with Gasteiger partial charge >= 0.3 is 5.97 Å². The smallest absolute Gasteiger partial charge is 0.338 e. The number of hydrogen-bond acceptors (Lipinski definition) is 4. The number of Topliss-reactive ketones (excluding diaryl/α,β-unsaturated/α-hetero) is 1. The third-order valence-electron chi connectivity index (χ3n) is 4.46. The molecule has 0 unspecified atom stereocenters. The first-order valence-corrected chi connectivity index (χ1v) is 9.27. The van der Waals surface area contributed by atoms with E-state index in [0.717, 1.165) is 25.7 Å². The van der Waals surface area contributed by atoms with Gasteiger partial charge in [-0.05, 0) is 43.0 Å². The van der Waals surface area contributed by atoms with Crippen molar-refractivity contribution < 1.29 is 19.1 Å². The van der Waals surface area contributed by atoms with E-state index in [4.69, 9.17) is 4.74 Å². The maximum atomic E-state index is 12.2. The van der Waals surface area contributed by atoms with Crippen LogP contribution in [0.25, 0.3) is 0 Å². The monoisotopic (exact) mass is 365 g/mol. The molecule has 0 bridgehead atoms. The van der Waals surface area contributed by atoms with Crippen LogP contribution in [0.3, 0.4) is 0 Å². The van der Waals surface area contributed by atoms with Crippen molar-refractivity contribution in [3.63, 3.8) is 0 Å². The van der Waals surface area contributed by atoms with Crippen LogP contribution in [0.4, 0.5) is 5.69 Å². The Bertz CT molecular complexity index is 838. The fourth-order valence-corrected chi connectivity index (χ4v) is 2.76. The maximum absolute atomic E-state index is 12.2. The molecule has 2 aromatic rings. The van der Waals surface area contributed by atoms with Gasteiger partial charge in [-0.25, -0.2) is 4.79 Å². The third-order valence-corrected chi connectivity index (χ3v) is 4.46. The lowest BCUT2D eigenvalue weighted by Gasteiger charge is -2.08. The molecule has 1 aliphatic rings. The van der Waals surface area contributed by atoms with E-state index in [0.29, 0.717) is 16.8 Å². The van der Waals surface area contributed by atoms with E-state index >= 15 is 0 Å². The summed E-state index contributed by atoms with van der Waals surface area (Å²) in [7, 11) is 0. The molecule has 0 spiro atoms. The Kier molecular flexibility index (Phi) is 6.01. The fraction of sp³-hybridized carbons (Fsp3) is 0.318.